The zero-order valence-electron chi connectivity index (χ0n) is 13.5. The van der Waals surface area contributed by atoms with Gasteiger partial charge < -0.3 is 15.1 Å². The molecule has 2 amide bonds. The first kappa shape index (κ1) is 17.8. The third-order valence-corrected chi connectivity index (χ3v) is 4.48. The van der Waals surface area contributed by atoms with Crippen LogP contribution in [0.2, 0.25) is 0 Å². The third kappa shape index (κ3) is 4.03. The van der Waals surface area contributed by atoms with Crippen molar-refractivity contribution in [1.82, 2.24) is 15.1 Å². The Bertz CT molecular complexity index is 579. The Morgan fingerprint density at radius 3 is 2.87 bits per heavy atom. The highest BCUT2D eigenvalue weighted by Gasteiger charge is 2.25. The Labute approximate surface area is 143 Å². The molecule has 2 saturated heterocycles. The summed E-state index contributed by atoms with van der Waals surface area (Å²) in [5.74, 6) is 0.302. The van der Waals surface area contributed by atoms with E-state index in [1.807, 2.05) is 34.1 Å². The van der Waals surface area contributed by atoms with Crippen LogP contribution in [0, 0.1) is 0 Å². The van der Waals surface area contributed by atoms with Crippen molar-refractivity contribution in [3.05, 3.63) is 35.4 Å². The van der Waals surface area contributed by atoms with Crippen LogP contribution in [-0.2, 0) is 11.3 Å². The molecule has 3 rings (SSSR count). The summed E-state index contributed by atoms with van der Waals surface area (Å²) in [6, 6.07) is 7.92. The number of hydrogen-bond acceptors (Lipinski definition) is 3. The largest absolute Gasteiger partial charge is 0.338 e. The van der Waals surface area contributed by atoms with Gasteiger partial charge in [-0.15, -0.1) is 12.4 Å². The summed E-state index contributed by atoms with van der Waals surface area (Å²) < 4.78 is 0. The van der Waals surface area contributed by atoms with Crippen LogP contribution < -0.4 is 5.32 Å². The second-order valence-electron chi connectivity index (χ2n) is 6.17. The first-order chi connectivity index (χ1) is 10.6. The predicted octanol–water partition coefficient (Wildman–Crippen LogP) is 1.66. The molecule has 6 heteroatoms. The van der Waals surface area contributed by atoms with Gasteiger partial charge in [-0.1, -0.05) is 12.1 Å². The van der Waals surface area contributed by atoms with Crippen LogP contribution in [0.4, 0.5) is 0 Å². The number of nitrogens with one attached hydrogen (secondary N) is 1. The monoisotopic (exact) mass is 337 g/mol. The molecule has 2 fully saturated rings. The number of carbonyl (C=O) groups is 2. The summed E-state index contributed by atoms with van der Waals surface area (Å²) in [7, 11) is 0. The summed E-state index contributed by atoms with van der Waals surface area (Å²) in [6.45, 7) is 5.93. The van der Waals surface area contributed by atoms with Crippen molar-refractivity contribution in [2.45, 2.75) is 32.4 Å². The topological polar surface area (TPSA) is 52.7 Å². The van der Waals surface area contributed by atoms with Gasteiger partial charge in [0.2, 0.25) is 5.91 Å². The quantitative estimate of drug-likeness (QED) is 0.912. The highest BCUT2D eigenvalue weighted by atomic mass is 35.5. The van der Waals surface area contributed by atoms with E-state index >= 15 is 0 Å². The first-order valence-corrected chi connectivity index (χ1v) is 8.03. The molecule has 126 valence electrons. The van der Waals surface area contributed by atoms with E-state index in [1.165, 1.54) is 0 Å². The normalized spacial score (nSPS) is 21.3. The maximum Gasteiger partial charge on any atom is 0.254 e. The summed E-state index contributed by atoms with van der Waals surface area (Å²) in [5, 5.41) is 3.30. The van der Waals surface area contributed by atoms with Gasteiger partial charge in [-0.2, -0.15) is 0 Å². The number of piperazine rings is 1. The first-order valence-electron chi connectivity index (χ1n) is 8.03. The molecule has 1 N–H and O–H groups in total. The molecule has 0 aliphatic carbocycles. The van der Waals surface area contributed by atoms with E-state index in [1.54, 1.807) is 0 Å². The predicted molar refractivity (Wildman–Crippen MR) is 91.7 cm³/mol. The zero-order chi connectivity index (χ0) is 15.5. The number of likely N-dealkylation sites (tertiary alicyclic amines) is 1. The van der Waals surface area contributed by atoms with Crippen LogP contribution in [0.25, 0.3) is 0 Å². The second kappa shape index (κ2) is 7.79. The fourth-order valence-electron chi connectivity index (χ4n) is 3.20. The summed E-state index contributed by atoms with van der Waals surface area (Å²) in [4.78, 5) is 28.2. The van der Waals surface area contributed by atoms with E-state index < -0.39 is 0 Å². The van der Waals surface area contributed by atoms with Crippen LogP contribution in [-0.4, -0.2) is 53.8 Å². The highest BCUT2D eigenvalue weighted by molar-refractivity contribution is 5.94. The van der Waals surface area contributed by atoms with Crippen LogP contribution in [0.5, 0.6) is 0 Å². The molecule has 2 aliphatic heterocycles. The van der Waals surface area contributed by atoms with Gasteiger partial charge in [-0.3, -0.25) is 9.59 Å². The van der Waals surface area contributed by atoms with Gasteiger partial charge in [0.1, 0.15) is 0 Å². The van der Waals surface area contributed by atoms with Gasteiger partial charge in [0, 0.05) is 50.7 Å². The number of amides is 2. The minimum Gasteiger partial charge on any atom is -0.338 e. The van der Waals surface area contributed by atoms with E-state index in [0.717, 1.165) is 43.7 Å². The molecule has 0 spiro atoms. The average molecular weight is 338 g/mol. The molecule has 1 unspecified atom stereocenters. The van der Waals surface area contributed by atoms with Crippen molar-refractivity contribution in [3.8, 4) is 0 Å². The van der Waals surface area contributed by atoms with Gasteiger partial charge in [0.25, 0.3) is 5.91 Å². The molecular formula is C17H24ClN3O2. The Morgan fingerprint density at radius 2 is 2.17 bits per heavy atom. The molecular weight excluding hydrogens is 314 g/mol. The molecule has 5 nitrogen and oxygen atoms in total. The number of hydrogen-bond donors (Lipinski definition) is 1. The molecule has 1 aromatic carbocycles. The lowest BCUT2D eigenvalue weighted by Crippen LogP contribution is -2.52. The van der Waals surface area contributed by atoms with Crippen molar-refractivity contribution in [3.63, 3.8) is 0 Å². The van der Waals surface area contributed by atoms with Gasteiger partial charge in [-0.05, 0) is 31.0 Å². The fourth-order valence-corrected chi connectivity index (χ4v) is 3.20. The average Bonchev–Trinajstić information content (AvgIpc) is 2.92. The summed E-state index contributed by atoms with van der Waals surface area (Å²) >= 11 is 0. The van der Waals surface area contributed by atoms with Gasteiger partial charge in [-0.25, -0.2) is 0 Å². The lowest BCUT2D eigenvalue weighted by Gasteiger charge is -2.34. The molecule has 0 aromatic heterocycles. The summed E-state index contributed by atoms with van der Waals surface area (Å²) in [5.41, 5.74) is 1.75. The van der Waals surface area contributed by atoms with E-state index in [2.05, 4.69) is 12.2 Å². The lowest BCUT2D eigenvalue weighted by molar-refractivity contribution is -0.128. The maximum absolute atomic E-state index is 12.7. The Kier molecular flexibility index (Phi) is 6.02. The standard InChI is InChI=1S/C17H23N3O2.ClH/c1-13-11-18-7-9-20(13)17(22)15-5-2-4-14(10-15)12-19-8-3-6-16(19)21;/h2,4-5,10,13,18H,3,6-9,11-12H2,1H3;1H. The molecule has 2 aliphatic rings. The molecule has 0 radical (unpaired) electrons. The van der Waals surface area contributed by atoms with E-state index in [-0.39, 0.29) is 30.3 Å². The minimum absolute atomic E-state index is 0. The SMILES string of the molecule is CC1CNCCN1C(=O)c1cccc(CN2CCCC2=O)c1.Cl. The van der Waals surface area contributed by atoms with Crippen LogP contribution >= 0.6 is 12.4 Å². The van der Waals surface area contributed by atoms with Gasteiger partial charge in [0.15, 0.2) is 0 Å². The molecule has 23 heavy (non-hydrogen) atoms. The van der Waals surface area contributed by atoms with Gasteiger partial charge in [0.05, 0.1) is 0 Å². The Morgan fingerprint density at radius 1 is 1.35 bits per heavy atom. The van der Waals surface area contributed by atoms with Crippen molar-refractivity contribution in [2.24, 2.45) is 0 Å². The molecule has 1 atom stereocenters. The maximum atomic E-state index is 12.7. The molecule has 0 saturated carbocycles. The second-order valence-corrected chi connectivity index (χ2v) is 6.17. The Hall–Kier alpha value is -1.59. The molecule has 1 aromatic rings. The third-order valence-electron chi connectivity index (χ3n) is 4.48. The molecule has 0 bridgehead atoms. The van der Waals surface area contributed by atoms with Crippen molar-refractivity contribution < 1.29 is 9.59 Å². The lowest BCUT2D eigenvalue weighted by atomic mass is 10.1. The molecule has 2 heterocycles. The van der Waals surface area contributed by atoms with E-state index in [9.17, 15) is 9.59 Å². The zero-order valence-corrected chi connectivity index (χ0v) is 14.3. The number of carbonyl (C=O) groups excluding carboxylic acids is 2. The number of rotatable bonds is 3. The number of nitrogens with zero attached hydrogens (tertiary/aromatic N) is 2. The summed E-state index contributed by atoms with van der Waals surface area (Å²) in [6.07, 6.45) is 1.59. The van der Waals surface area contributed by atoms with Crippen molar-refractivity contribution in [2.75, 3.05) is 26.2 Å². The smallest absolute Gasteiger partial charge is 0.254 e. The van der Waals surface area contributed by atoms with Crippen molar-refractivity contribution >= 4 is 24.2 Å². The van der Waals surface area contributed by atoms with E-state index in [0.29, 0.717) is 13.0 Å². The van der Waals surface area contributed by atoms with Crippen LogP contribution in [0.1, 0.15) is 35.7 Å². The number of benzene rings is 1. The van der Waals surface area contributed by atoms with Crippen molar-refractivity contribution in [1.29, 1.82) is 0 Å². The van der Waals surface area contributed by atoms with E-state index in [4.69, 9.17) is 0 Å². The van der Waals surface area contributed by atoms with Gasteiger partial charge >= 0.3 is 0 Å². The van der Waals surface area contributed by atoms with Crippen LogP contribution in [0.3, 0.4) is 0 Å². The Balaban J connectivity index is 0.00000192. The minimum atomic E-state index is 0. The fraction of sp³-hybridized carbons (Fsp3) is 0.529. The number of halogens is 1. The van der Waals surface area contributed by atoms with Crippen LogP contribution in [0.15, 0.2) is 24.3 Å². The highest BCUT2D eigenvalue weighted by Crippen LogP contribution is 2.17.